The van der Waals surface area contributed by atoms with Gasteiger partial charge in [0.2, 0.25) is 11.8 Å². The fourth-order valence-electron chi connectivity index (χ4n) is 9.96. The fraction of sp³-hybridized carbons (Fsp3) is 0.196. The molecule has 1 aromatic heterocycles. The fourth-order valence-corrected chi connectivity index (χ4v) is 10.8. The number of carbonyl (C=O) groups excluding carboxylic acids is 4. The number of ether oxygens (including phenoxy) is 2. The summed E-state index contributed by atoms with van der Waals surface area (Å²) >= 11 is 1.28. The first-order chi connectivity index (χ1) is 31.3. The van der Waals surface area contributed by atoms with Crippen LogP contribution in [0.1, 0.15) is 59.0 Å². The van der Waals surface area contributed by atoms with E-state index >= 15 is 14.4 Å². The zero-order valence-corrected chi connectivity index (χ0v) is 35.4. The average molecular weight is 870 g/mol. The van der Waals surface area contributed by atoms with Gasteiger partial charge in [0, 0.05) is 0 Å². The molecule has 7 atom stereocenters. The number of aliphatic hydroxyl groups is 1. The first-order valence-electron chi connectivity index (χ1n) is 21.2. The Morgan fingerprint density at radius 1 is 0.781 bits per heavy atom. The molecule has 0 aliphatic carbocycles. The molecular formula is C51H43N5O7S. The highest BCUT2D eigenvalue weighted by Gasteiger charge is 2.75. The van der Waals surface area contributed by atoms with Crippen LogP contribution in [0.15, 0.2) is 164 Å². The third-order valence-corrected chi connectivity index (χ3v) is 13.5. The number of para-hydroxylation sites is 2. The number of thiazole rings is 1. The number of amides is 4. The highest BCUT2D eigenvalue weighted by Crippen LogP contribution is 2.66. The van der Waals surface area contributed by atoms with E-state index in [0.717, 1.165) is 26.3 Å². The van der Waals surface area contributed by atoms with E-state index in [9.17, 15) is 9.90 Å². The van der Waals surface area contributed by atoms with Crippen LogP contribution in [-0.2, 0) is 24.5 Å². The highest BCUT2D eigenvalue weighted by atomic mass is 32.1. The number of aromatic nitrogens is 1. The molecule has 64 heavy (non-hydrogen) atoms. The minimum absolute atomic E-state index is 0.0624. The number of esters is 1. The van der Waals surface area contributed by atoms with E-state index in [1.165, 1.54) is 11.3 Å². The first kappa shape index (κ1) is 40.9. The van der Waals surface area contributed by atoms with E-state index in [4.69, 9.17) is 14.5 Å². The van der Waals surface area contributed by atoms with Gasteiger partial charge in [-0.2, -0.15) is 0 Å². The maximum absolute atomic E-state index is 16.3. The molecule has 10 rings (SSSR count). The number of urea groups is 1. The summed E-state index contributed by atoms with van der Waals surface area (Å²) in [6.45, 7) is 1.71. The second kappa shape index (κ2) is 16.8. The van der Waals surface area contributed by atoms with Crippen molar-refractivity contribution in [2.75, 3.05) is 23.4 Å². The Morgan fingerprint density at radius 2 is 1.42 bits per heavy atom. The summed E-state index contributed by atoms with van der Waals surface area (Å²) in [7, 11) is 0. The van der Waals surface area contributed by atoms with Crippen molar-refractivity contribution < 1.29 is 33.8 Å². The molecular weight excluding hydrogens is 827 g/mol. The molecule has 3 aliphatic heterocycles. The molecule has 3 N–H and O–H groups in total. The molecule has 0 bridgehead atoms. The monoisotopic (exact) mass is 869 g/mol. The number of fused-ring (bicyclic) bond motifs is 4. The summed E-state index contributed by atoms with van der Waals surface area (Å²) < 4.78 is 13.2. The molecule has 13 heteroatoms. The van der Waals surface area contributed by atoms with Gasteiger partial charge in [-0.15, -0.1) is 0 Å². The van der Waals surface area contributed by atoms with Gasteiger partial charge in [-0.25, -0.2) is 14.7 Å². The summed E-state index contributed by atoms with van der Waals surface area (Å²) in [5, 5.41) is 15.9. The van der Waals surface area contributed by atoms with E-state index in [0.29, 0.717) is 28.1 Å². The Hall–Kier alpha value is -7.19. The van der Waals surface area contributed by atoms with Gasteiger partial charge >= 0.3 is 12.0 Å². The van der Waals surface area contributed by atoms with E-state index in [1.807, 2.05) is 139 Å². The highest BCUT2D eigenvalue weighted by molar-refractivity contribution is 7.22. The molecule has 2 saturated heterocycles. The molecule has 7 aromatic rings. The Labute approximate surface area is 373 Å². The Morgan fingerprint density at radius 3 is 2.12 bits per heavy atom. The number of imide groups is 1. The van der Waals surface area contributed by atoms with Crippen molar-refractivity contribution in [2.24, 2.45) is 5.92 Å². The summed E-state index contributed by atoms with van der Waals surface area (Å²) in [6.07, 6.45) is -0.872. The number of benzene rings is 6. The molecule has 0 saturated carbocycles. The minimum Gasteiger partial charge on any atom is -0.491 e. The number of rotatable bonds is 10. The van der Waals surface area contributed by atoms with E-state index < -0.39 is 65.4 Å². The minimum atomic E-state index is -1.92. The lowest BCUT2D eigenvalue weighted by molar-refractivity contribution is -0.177. The molecule has 4 heterocycles. The number of nitrogens with one attached hydrogen (secondary N) is 2. The van der Waals surface area contributed by atoms with E-state index in [-0.39, 0.29) is 18.3 Å². The molecule has 2 fully saturated rings. The second-order valence-corrected chi connectivity index (χ2v) is 17.2. The van der Waals surface area contributed by atoms with Crippen LogP contribution in [0.3, 0.4) is 0 Å². The average Bonchev–Trinajstić information content (AvgIpc) is 3.97. The largest absolute Gasteiger partial charge is 0.491 e. The van der Waals surface area contributed by atoms with Crippen LogP contribution in [0.2, 0.25) is 0 Å². The van der Waals surface area contributed by atoms with Crippen LogP contribution < -0.4 is 20.3 Å². The standard InChI is InChI=1S/C51H43N5O7S/c1-31(32-15-5-2-6-16-32)52-50(61)55-39-23-13-11-21-37(39)51(48(55)60)41(46(58)54-49-53-38-22-12-14-24-40(38)64-49)43-47(59)63-44(34-19-9-4-10-20-34)42(33-17-7-3-8-18-33)56(43)45(51)35-25-27-36(28-26-35)62-30-29-57/h2-28,31,41-45,57H,29-30H2,1H3,(H,52,61)(H,53,54,58). The van der Waals surface area contributed by atoms with Crippen LogP contribution in [0, 0.1) is 5.92 Å². The second-order valence-electron chi connectivity index (χ2n) is 16.1. The van der Waals surface area contributed by atoms with Gasteiger partial charge in [0.15, 0.2) is 5.13 Å². The molecule has 0 radical (unpaired) electrons. The third-order valence-electron chi connectivity index (χ3n) is 12.6. The quantitative estimate of drug-likeness (QED) is 0.115. The van der Waals surface area contributed by atoms with Gasteiger partial charge in [-0.05, 0) is 65.1 Å². The van der Waals surface area contributed by atoms with Gasteiger partial charge in [0.25, 0.3) is 0 Å². The molecule has 4 amide bonds. The predicted molar refractivity (Wildman–Crippen MR) is 243 cm³/mol. The van der Waals surface area contributed by atoms with Gasteiger partial charge in [0.05, 0.1) is 46.6 Å². The zero-order chi connectivity index (χ0) is 44.0. The van der Waals surface area contributed by atoms with Gasteiger partial charge in [0.1, 0.15) is 29.9 Å². The number of anilines is 2. The Bertz CT molecular complexity index is 2830. The topological polar surface area (TPSA) is 150 Å². The lowest BCUT2D eigenvalue weighted by Crippen LogP contribution is -2.55. The summed E-state index contributed by atoms with van der Waals surface area (Å²) in [6, 6.07) is 45.8. The van der Waals surface area contributed by atoms with Crippen LogP contribution in [0.5, 0.6) is 5.75 Å². The third kappa shape index (κ3) is 6.80. The van der Waals surface area contributed by atoms with Crippen LogP contribution in [0.4, 0.5) is 15.6 Å². The number of aliphatic hydroxyl groups excluding tert-OH is 1. The molecule has 7 unspecified atom stereocenters. The number of hydrogen-bond acceptors (Lipinski definition) is 10. The smallest absolute Gasteiger partial charge is 0.329 e. The molecule has 12 nitrogen and oxygen atoms in total. The van der Waals surface area contributed by atoms with Crippen molar-refractivity contribution in [1.82, 2.24) is 15.2 Å². The van der Waals surface area contributed by atoms with Crippen LogP contribution in [0.25, 0.3) is 10.2 Å². The lowest BCUT2D eigenvalue weighted by Gasteiger charge is -2.46. The molecule has 320 valence electrons. The van der Waals surface area contributed by atoms with Crippen molar-refractivity contribution in [3.63, 3.8) is 0 Å². The maximum Gasteiger partial charge on any atom is 0.329 e. The Balaban J connectivity index is 1.22. The maximum atomic E-state index is 16.3. The molecule has 1 spiro atoms. The van der Waals surface area contributed by atoms with Crippen molar-refractivity contribution >= 4 is 56.2 Å². The van der Waals surface area contributed by atoms with Crippen molar-refractivity contribution in [2.45, 2.75) is 42.6 Å². The van der Waals surface area contributed by atoms with Gasteiger partial charge in [-0.3, -0.25) is 19.3 Å². The van der Waals surface area contributed by atoms with Crippen LogP contribution >= 0.6 is 11.3 Å². The van der Waals surface area contributed by atoms with Crippen molar-refractivity contribution in [3.05, 3.63) is 192 Å². The molecule has 3 aliphatic rings. The summed E-state index contributed by atoms with van der Waals surface area (Å²) in [5.74, 6) is -3.00. The number of hydrogen-bond donors (Lipinski definition) is 3. The molecule has 6 aromatic carbocycles. The summed E-state index contributed by atoms with van der Waals surface area (Å²) in [5.41, 5.74) is 2.38. The zero-order valence-electron chi connectivity index (χ0n) is 34.6. The summed E-state index contributed by atoms with van der Waals surface area (Å²) in [4.78, 5) is 70.0. The van der Waals surface area contributed by atoms with Crippen LogP contribution in [-0.4, -0.2) is 58.1 Å². The van der Waals surface area contributed by atoms with Crippen molar-refractivity contribution in [3.8, 4) is 5.75 Å². The normalized spacial score (nSPS) is 23.0. The van der Waals surface area contributed by atoms with Gasteiger partial charge in [-0.1, -0.05) is 145 Å². The number of morpholine rings is 1. The predicted octanol–water partition coefficient (Wildman–Crippen LogP) is 8.44. The van der Waals surface area contributed by atoms with E-state index in [2.05, 4.69) is 10.6 Å². The van der Waals surface area contributed by atoms with E-state index in [1.54, 1.807) is 36.4 Å². The number of cyclic esters (lactones) is 1. The SMILES string of the molecule is CC(NC(=O)N1C(=O)C2(c3ccccc31)C(C(=O)Nc1nc3ccccc3s1)C1C(=O)OC(c3ccccc3)C(c3ccccc3)N1C2c1ccc(OCCO)cc1)c1ccccc1. The Kier molecular flexibility index (Phi) is 10.7. The number of carbonyl (C=O) groups is 4. The lowest BCUT2D eigenvalue weighted by atomic mass is 9.65. The number of nitrogens with zero attached hydrogens (tertiary/aromatic N) is 3. The first-order valence-corrected chi connectivity index (χ1v) is 22.0. The van der Waals surface area contributed by atoms with Gasteiger partial charge < -0.3 is 25.2 Å². The van der Waals surface area contributed by atoms with Crippen molar-refractivity contribution in [1.29, 1.82) is 0 Å².